The summed E-state index contributed by atoms with van der Waals surface area (Å²) in [5.41, 5.74) is 6.26. The third-order valence-corrected chi connectivity index (χ3v) is 3.15. The van der Waals surface area contributed by atoms with Gasteiger partial charge in [0.15, 0.2) is 0 Å². The fourth-order valence-corrected chi connectivity index (χ4v) is 2.16. The summed E-state index contributed by atoms with van der Waals surface area (Å²) in [7, 11) is 0. The topological polar surface area (TPSA) is 55.1 Å². The molecule has 3 N–H and O–H groups in total. The van der Waals surface area contributed by atoms with Crippen molar-refractivity contribution in [3.8, 4) is 0 Å². The Hall–Kier alpha value is -1.84. The first kappa shape index (κ1) is 12.6. The van der Waals surface area contributed by atoms with E-state index in [2.05, 4.69) is 5.32 Å². The van der Waals surface area contributed by atoms with E-state index in [4.69, 9.17) is 5.73 Å². The van der Waals surface area contributed by atoms with Crippen LogP contribution in [0, 0.1) is 5.82 Å². The molecule has 0 atom stereocenters. The van der Waals surface area contributed by atoms with Gasteiger partial charge in [-0.1, -0.05) is 18.9 Å². The second-order valence-electron chi connectivity index (χ2n) is 4.60. The zero-order valence-corrected chi connectivity index (χ0v) is 10.2. The predicted octanol–water partition coefficient (Wildman–Crippen LogP) is 2.48. The zero-order chi connectivity index (χ0) is 13.0. The standard InChI is InChI=1S/C14H17FN2O/c15-12-7-5-10(9-13(12)16)6-8-14(18)17-11-3-1-2-4-11/h5-9,11H,1-4,16H2,(H,17,18)/b8-6+. The number of anilines is 1. The quantitative estimate of drug-likeness (QED) is 0.637. The van der Waals surface area contributed by atoms with Gasteiger partial charge in [-0.2, -0.15) is 0 Å². The molecule has 1 aromatic carbocycles. The SMILES string of the molecule is Nc1cc(/C=C/C(=O)NC2CCCC2)ccc1F. The second-order valence-corrected chi connectivity index (χ2v) is 4.60. The van der Waals surface area contributed by atoms with Gasteiger partial charge in [-0.15, -0.1) is 0 Å². The fourth-order valence-electron chi connectivity index (χ4n) is 2.16. The molecular formula is C14H17FN2O. The highest BCUT2D eigenvalue weighted by atomic mass is 19.1. The van der Waals surface area contributed by atoms with Crippen molar-refractivity contribution in [2.75, 3.05) is 5.73 Å². The number of rotatable bonds is 3. The van der Waals surface area contributed by atoms with Gasteiger partial charge in [-0.25, -0.2) is 4.39 Å². The van der Waals surface area contributed by atoms with Gasteiger partial charge in [0, 0.05) is 12.1 Å². The predicted molar refractivity (Wildman–Crippen MR) is 70.2 cm³/mol. The molecular weight excluding hydrogens is 231 g/mol. The van der Waals surface area contributed by atoms with Gasteiger partial charge in [0.05, 0.1) is 5.69 Å². The first-order valence-electron chi connectivity index (χ1n) is 6.19. The van der Waals surface area contributed by atoms with Crippen LogP contribution in [0.5, 0.6) is 0 Å². The van der Waals surface area contributed by atoms with E-state index in [1.807, 2.05) is 0 Å². The number of hydrogen-bond acceptors (Lipinski definition) is 2. The number of nitrogen functional groups attached to an aromatic ring is 1. The lowest BCUT2D eigenvalue weighted by molar-refractivity contribution is -0.117. The average molecular weight is 248 g/mol. The Bertz CT molecular complexity index is 465. The Morgan fingerprint density at radius 1 is 1.39 bits per heavy atom. The average Bonchev–Trinajstić information content (AvgIpc) is 2.83. The van der Waals surface area contributed by atoms with Crippen LogP contribution in [-0.2, 0) is 4.79 Å². The van der Waals surface area contributed by atoms with Crippen molar-refractivity contribution in [1.29, 1.82) is 0 Å². The summed E-state index contributed by atoms with van der Waals surface area (Å²) >= 11 is 0. The van der Waals surface area contributed by atoms with Crippen LogP contribution in [0.15, 0.2) is 24.3 Å². The van der Waals surface area contributed by atoms with Crippen LogP contribution in [0.1, 0.15) is 31.2 Å². The molecule has 0 aromatic heterocycles. The van der Waals surface area contributed by atoms with Crippen molar-refractivity contribution in [2.45, 2.75) is 31.7 Å². The maximum atomic E-state index is 12.9. The fraction of sp³-hybridized carbons (Fsp3) is 0.357. The number of nitrogens with one attached hydrogen (secondary N) is 1. The van der Waals surface area contributed by atoms with Gasteiger partial charge < -0.3 is 11.1 Å². The van der Waals surface area contributed by atoms with Crippen LogP contribution in [-0.4, -0.2) is 11.9 Å². The van der Waals surface area contributed by atoms with E-state index in [1.165, 1.54) is 31.1 Å². The third kappa shape index (κ3) is 3.32. The lowest BCUT2D eigenvalue weighted by Gasteiger charge is -2.09. The summed E-state index contributed by atoms with van der Waals surface area (Å²) < 4.78 is 12.9. The van der Waals surface area contributed by atoms with E-state index in [-0.39, 0.29) is 11.6 Å². The van der Waals surface area contributed by atoms with E-state index >= 15 is 0 Å². The van der Waals surface area contributed by atoms with Crippen LogP contribution in [0.25, 0.3) is 6.08 Å². The Morgan fingerprint density at radius 2 is 2.11 bits per heavy atom. The number of benzene rings is 1. The minimum Gasteiger partial charge on any atom is -0.396 e. The van der Waals surface area contributed by atoms with Crippen LogP contribution < -0.4 is 11.1 Å². The normalized spacial score (nSPS) is 16.3. The second kappa shape index (κ2) is 5.67. The van der Waals surface area contributed by atoms with Crippen LogP contribution in [0.3, 0.4) is 0 Å². The highest BCUT2D eigenvalue weighted by Crippen LogP contribution is 2.17. The summed E-state index contributed by atoms with van der Waals surface area (Å²) in [6.07, 6.45) is 7.59. The molecule has 1 aliphatic rings. The van der Waals surface area contributed by atoms with Crippen LogP contribution in [0.4, 0.5) is 10.1 Å². The molecule has 1 fully saturated rings. The van der Waals surface area contributed by atoms with Crippen molar-refractivity contribution < 1.29 is 9.18 Å². The van der Waals surface area contributed by atoms with Crippen molar-refractivity contribution in [1.82, 2.24) is 5.32 Å². The Balaban J connectivity index is 1.92. The minimum absolute atomic E-state index is 0.0911. The molecule has 0 radical (unpaired) electrons. The number of carbonyl (C=O) groups is 1. The summed E-state index contributed by atoms with van der Waals surface area (Å²) in [5, 5.41) is 2.94. The van der Waals surface area contributed by atoms with E-state index in [0.29, 0.717) is 6.04 Å². The molecule has 1 aliphatic carbocycles. The molecule has 3 nitrogen and oxygen atoms in total. The number of nitrogens with two attached hydrogens (primary N) is 1. The lowest BCUT2D eigenvalue weighted by Crippen LogP contribution is -2.30. The first-order chi connectivity index (χ1) is 8.65. The van der Waals surface area contributed by atoms with E-state index in [9.17, 15) is 9.18 Å². The van der Waals surface area contributed by atoms with Crippen molar-refractivity contribution in [2.24, 2.45) is 0 Å². The Labute approximate surface area is 106 Å². The Kier molecular flexibility index (Phi) is 3.97. The number of carbonyl (C=O) groups excluding carboxylic acids is 1. The van der Waals surface area contributed by atoms with Gasteiger partial charge in [0.25, 0.3) is 0 Å². The van der Waals surface area contributed by atoms with E-state index in [0.717, 1.165) is 18.4 Å². The van der Waals surface area contributed by atoms with Crippen LogP contribution >= 0.6 is 0 Å². The molecule has 0 saturated heterocycles. The number of amides is 1. The van der Waals surface area contributed by atoms with Gasteiger partial charge in [0.2, 0.25) is 5.91 Å². The molecule has 0 heterocycles. The summed E-state index contributed by atoms with van der Waals surface area (Å²) in [6.45, 7) is 0. The van der Waals surface area contributed by atoms with Gasteiger partial charge in [0.1, 0.15) is 5.82 Å². The molecule has 18 heavy (non-hydrogen) atoms. The maximum Gasteiger partial charge on any atom is 0.244 e. The first-order valence-corrected chi connectivity index (χ1v) is 6.19. The van der Waals surface area contributed by atoms with Crippen LogP contribution in [0.2, 0.25) is 0 Å². The molecule has 96 valence electrons. The third-order valence-electron chi connectivity index (χ3n) is 3.15. The highest BCUT2D eigenvalue weighted by Gasteiger charge is 2.15. The van der Waals surface area contributed by atoms with E-state index in [1.54, 1.807) is 12.1 Å². The van der Waals surface area contributed by atoms with Crippen molar-refractivity contribution in [3.63, 3.8) is 0 Å². The van der Waals surface area contributed by atoms with Gasteiger partial charge in [-0.05, 0) is 36.6 Å². The largest absolute Gasteiger partial charge is 0.396 e. The molecule has 0 bridgehead atoms. The molecule has 2 rings (SSSR count). The summed E-state index contributed by atoms with van der Waals surface area (Å²) in [6, 6.07) is 4.70. The molecule has 0 aliphatic heterocycles. The molecule has 4 heteroatoms. The molecule has 1 saturated carbocycles. The summed E-state index contributed by atoms with van der Waals surface area (Å²) in [5.74, 6) is -0.549. The van der Waals surface area contributed by atoms with Crippen molar-refractivity contribution in [3.05, 3.63) is 35.7 Å². The van der Waals surface area contributed by atoms with Gasteiger partial charge >= 0.3 is 0 Å². The molecule has 1 aromatic rings. The molecule has 1 amide bonds. The smallest absolute Gasteiger partial charge is 0.244 e. The maximum absolute atomic E-state index is 12.9. The number of hydrogen-bond donors (Lipinski definition) is 2. The molecule has 0 unspecified atom stereocenters. The zero-order valence-electron chi connectivity index (χ0n) is 10.2. The highest BCUT2D eigenvalue weighted by molar-refractivity contribution is 5.92. The Morgan fingerprint density at radius 3 is 2.78 bits per heavy atom. The van der Waals surface area contributed by atoms with E-state index < -0.39 is 5.82 Å². The molecule has 0 spiro atoms. The summed E-state index contributed by atoms with van der Waals surface area (Å²) in [4.78, 5) is 11.6. The van der Waals surface area contributed by atoms with Crippen molar-refractivity contribution >= 4 is 17.7 Å². The number of halogens is 1. The van der Waals surface area contributed by atoms with Gasteiger partial charge in [-0.3, -0.25) is 4.79 Å². The minimum atomic E-state index is -0.442. The monoisotopic (exact) mass is 248 g/mol. The lowest BCUT2D eigenvalue weighted by atomic mass is 10.2.